The van der Waals surface area contributed by atoms with Crippen LogP contribution in [0.5, 0.6) is 0 Å². The van der Waals surface area contributed by atoms with Gasteiger partial charge in [-0.1, -0.05) is 39.0 Å². The average molecular weight is 799 g/mol. The van der Waals surface area contributed by atoms with E-state index in [1.807, 2.05) is 0 Å². The van der Waals surface area contributed by atoms with Gasteiger partial charge in [-0.2, -0.15) is 4.98 Å². The number of benzene rings is 1. The molecule has 0 bridgehead atoms. The lowest BCUT2D eigenvalue weighted by Crippen LogP contribution is -2.32. The maximum atomic E-state index is 15.9. The van der Waals surface area contributed by atoms with Crippen molar-refractivity contribution in [1.29, 1.82) is 0 Å². The lowest BCUT2D eigenvalue weighted by atomic mass is 10.0. The SMILES string of the molecule is COP(=O)(CCC1OC(n2cnc3c(NC(=O)c4ccccc4)ncnc32)C(C)C1O)OC1C(F)C(CO)OC1n1cnc2c(=O)[nH]c(NC(=O)C(C)C)nc21. The number of imidazole rings is 2. The monoisotopic (exact) mass is 798 g/mol. The number of nitrogens with one attached hydrogen (secondary N) is 3. The number of aromatic amines is 1. The second-order valence-corrected chi connectivity index (χ2v) is 16.0. The number of halogens is 1. The van der Waals surface area contributed by atoms with Crippen molar-refractivity contribution in [3.8, 4) is 0 Å². The number of nitrogens with zero attached hydrogens (tertiary/aromatic N) is 7. The zero-order valence-electron chi connectivity index (χ0n) is 30.6. The molecule has 2 saturated heterocycles. The van der Waals surface area contributed by atoms with Gasteiger partial charge in [-0.15, -0.1) is 0 Å². The quantitative estimate of drug-likeness (QED) is 0.107. The van der Waals surface area contributed by atoms with Crippen LogP contribution in [0.4, 0.5) is 16.2 Å². The topological polar surface area (TPSA) is 260 Å². The van der Waals surface area contributed by atoms with Crippen LogP contribution in [0.15, 0.2) is 54.1 Å². The number of aliphatic hydroxyl groups excluding tert-OH is 2. The molecule has 6 heterocycles. The summed E-state index contributed by atoms with van der Waals surface area (Å²) >= 11 is 0. The molecule has 5 N–H and O–H groups in total. The molecule has 22 heteroatoms. The number of alkyl halides is 1. The summed E-state index contributed by atoms with van der Waals surface area (Å²) in [6, 6.07) is 8.58. The summed E-state index contributed by atoms with van der Waals surface area (Å²) in [6.45, 7) is 4.29. The molecule has 7 rings (SSSR count). The van der Waals surface area contributed by atoms with E-state index >= 15 is 4.39 Å². The Morgan fingerprint density at radius 2 is 1.71 bits per heavy atom. The Bertz CT molecular complexity index is 2340. The van der Waals surface area contributed by atoms with E-state index < -0.39 is 80.5 Å². The summed E-state index contributed by atoms with van der Waals surface area (Å²) in [4.78, 5) is 61.7. The predicted molar refractivity (Wildman–Crippen MR) is 195 cm³/mol. The summed E-state index contributed by atoms with van der Waals surface area (Å²) in [6.07, 6.45) is -5.79. The number of anilines is 2. The third-order valence-corrected chi connectivity index (χ3v) is 11.7. The van der Waals surface area contributed by atoms with E-state index in [9.17, 15) is 29.2 Å². The molecule has 298 valence electrons. The lowest BCUT2D eigenvalue weighted by Gasteiger charge is -2.26. The minimum atomic E-state index is -4.19. The Morgan fingerprint density at radius 1 is 1.02 bits per heavy atom. The second-order valence-electron chi connectivity index (χ2n) is 13.7. The van der Waals surface area contributed by atoms with Gasteiger partial charge in [0, 0.05) is 24.5 Å². The van der Waals surface area contributed by atoms with Gasteiger partial charge < -0.3 is 29.5 Å². The molecular weight excluding hydrogens is 758 g/mol. The number of H-pyrrole nitrogens is 1. The van der Waals surface area contributed by atoms with Crippen LogP contribution in [0.1, 0.15) is 50.0 Å². The number of aromatic nitrogens is 8. The molecule has 0 aliphatic carbocycles. The van der Waals surface area contributed by atoms with Gasteiger partial charge in [0.15, 0.2) is 40.5 Å². The number of rotatable bonds is 13. The Labute approximate surface area is 317 Å². The standard InChI is InChI=1S/C34H40FN10O10P/c1-16(2)29(48)42-34-41-28-23(31(50)43-34)39-15-45(28)33-25(21(35)20(12-46)54-33)55-56(51,52-4)11-10-19-24(47)17(3)32(53-19)44-14-38-22-26(36-13-37-27(22)44)40-30(49)18-8-6-5-7-9-18/h5-9,13-17,19-21,24-25,32-33,46-47H,10-12H2,1-4H3,(H,36,37,40,49)(H2,41,42,43,48,50). The largest absolute Gasteiger partial charge is 0.394 e. The highest BCUT2D eigenvalue weighted by Crippen LogP contribution is 2.54. The molecule has 5 aromatic rings. The third kappa shape index (κ3) is 7.46. The van der Waals surface area contributed by atoms with Crippen molar-refractivity contribution < 1.29 is 47.3 Å². The molecule has 2 amide bonds. The molecule has 4 aromatic heterocycles. The summed E-state index contributed by atoms with van der Waals surface area (Å²) in [7, 11) is -3.06. The van der Waals surface area contributed by atoms with Crippen LogP contribution in [-0.2, 0) is 27.9 Å². The van der Waals surface area contributed by atoms with Gasteiger partial charge >= 0.3 is 7.60 Å². The normalized spacial score (nSPS) is 26.2. The molecule has 0 saturated carbocycles. The summed E-state index contributed by atoms with van der Waals surface area (Å²) in [5.41, 5.74) is 0.0864. The van der Waals surface area contributed by atoms with E-state index in [1.165, 1.54) is 17.2 Å². The Morgan fingerprint density at radius 3 is 2.41 bits per heavy atom. The summed E-state index contributed by atoms with van der Waals surface area (Å²) in [5.74, 6) is -1.78. The average Bonchev–Trinajstić information content (AvgIpc) is 3.96. The molecule has 20 nitrogen and oxygen atoms in total. The molecular formula is C34H40FN10O10P. The Balaban J connectivity index is 1.08. The van der Waals surface area contributed by atoms with Gasteiger partial charge in [-0.05, 0) is 18.6 Å². The van der Waals surface area contributed by atoms with Crippen LogP contribution < -0.4 is 16.2 Å². The fourth-order valence-electron chi connectivity index (χ4n) is 6.62. The zero-order chi connectivity index (χ0) is 39.9. The number of fused-ring (bicyclic) bond motifs is 2. The number of carbonyl (C=O) groups is 2. The number of carbonyl (C=O) groups excluding carboxylic acids is 2. The molecule has 2 aliphatic heterocycles. The molecule has 2 aliphatic rings. The van der Waals surface area contributed by atoms with Crippen LogP contribution in [0.2, 0.25) is 0 Å². The van der Waals surface area contributed by atoms with E-state index in [0.717, 1.165) is 13.4 Å². The summed E-state index contributed by atoms with van der Waals surface area (Å²) < 4.78 is 56.1. The zero-order valence-corrected chi connectivity index (χ0v) is 31.4. The number of aliphatic hydroxyl groups is 2. The van der Waals surface area contributed by atoms with E-state index in [4.69, 9.17) is 18.5 Å². The molecule has 0 spiro atoms. The van der Waals surface area contributed by atoms with Crippen LogP contribution in [0.3, 0.4) is 0 Å². The van der Waals surface area contributed by atoms with Gasteiger partial charge in [-0.25, -0.2) is 24.3 Å². The van der Waals surface area contributed by atoms with Gasteiger partial charge in [0.25, 0.3) is 11.5 Å². The molecule has 1 aromatic carbocycles. The molecule has 56 heavy (non-hydrogen) atoms. The second kappa shape index (κ2) is 15.8. The van der Waals surface area contributed by atoms with E-state index in [-0.39, 0.29) is 41.4 Å². The van der Waals surface area contributed by atoms with Gasteiger partial charge in [0.2, 0.25) is 11.9 Å². The molecule has 0 radical (unpaired) electrons. The van der Waals surface area contributed by atoms with Gasteiger partial charge in [0.1, 0.15) is 24.8 Å². The number of amides is 2. The third-order valence-electron chi connectivity index (χ3n) is 9.75. The fraction of sp³-hybridized carbons (Fsp3) is 0.471. The first kappa shape index (κ1) is 39.2. The van der Waals surface area contributed by atoms with Crippen LogP contribution >= 0.6 is 7.60 Å². The summed E-state index contributed by atoms with van der Waals surface area (Å²) in [5, 5.41) is 26.4. The van der Waals surface area contributed by atoms with Gasteiger partial charge in [0.05, 0.1) is 37.6 Å². The maximum absolute atomic E-state index is 15.9. The smallest absolute Gasteiger partial charge is 0.331 e. The fourth-order valence-corrected chi connectivity index (χ4v) is 8.15. The Hall–Kier alpha value is -5.02. The van der Waals surface area contributed by atoms with Crippen molar-refractivity contribution in [2.75, 3.05) is 30.5 Å². The molecule has 9 unspecified atom stereocenters. The van der Waals surface area contributed by atoms with Gasteiger partial charge in [-0.3, -0.25) is 42.9 Å². The first-order valence-electron chi connectivity index (χ1n) is 17.7. The van der Waals surface area contributed by atoms with Crippen LogP contribution in [0, 0.1) is 11.8 Å². The first-order chi connectivity index (χ1) is 26.8. The van der Waals surface area contributed by atoms with Crippen molar-refractivity contribution in [3.05, 3.63) is 65.2 Å². The Kier molecular flexibility index (Phi) is 11.1. The van der Waals surface area contributed by atoms with Crippen molar-refractivity contribution in [1.82, 2.24) is 39.0 Å². The van der Waals surface area contributed by atoms with Crippen LogP contribution in [-0.4, -0.2) is 112 Å². The number of hydrogen-bond acceptors (Lipinski definition) is 15. The highest BCUT2D eigenvalue weighted by Gasteiger charge is 2.51. The van der Waals surface area contributed by atoms with Crippen molar-refractivity contribution >= 4 is 53.5 Å². The lowest BCUT2D eigenvalue weighted by molar-refractivity contribution is -0.118. The predicted octanol–water partition coefficient (Wildman–Crippen LogP) is 2.54. The highest BCUT2D eigenvalue weighted by molar-refractivity contribution is 7.53. The number of hydrogen-bond donors (Lipinski definition) is 5. The minimum absolute atomic E-state index is 0.0599. The van der Waals surface area contributed by atoms with E-state index in [1.54, 1.807) is 55.7 Å². The maximum Gasteiger partial charge on any atom is 0.331 e. The molecule has 2 fully saturated rings. The number of ether oxygens (including phenoxy) is 2. The van der Waals surface area contributed by atoms with E-state index in [2.05, 4.69) is 40.5 Å². The van der Waals surface area contributed by atoms with Crippen LogP contribution in [0.25, 0.3) is 22.3 Å². The minimum Gasteiger partial charge on any atom is -0.394 e. The van der Waals surface area contributed by atoms with E-state index in [0.29, 0.717) is 16.7 Å². The molecule has 9 atom stereocenters. The van der Waals surface area contributed by atoms with Crippen molar-refractivity contribution in [2.45, 2.75) is 70.2 Å². The van der Waals surface area contributed by atoms with Crippen molar-refractivity contribution in [3.63, 3.8) is 0 Å². The highest BCUT2D eigenvalue weighted by atomic mass is 31.2. The first-order valence-corrected chi connectivity index (χ1v) is 19.4. The van der Waals surface area contributed by atoms with Crippen molar-refractivity contribution in [2.24, 2.45) is 11.8 Å².